The van der Waals surface area contributed by atoms with Gasteiger partial charge < -0.3 is 14.5 Å². The number of hydrogen-bond donors (Lipinski definition) is 2. The van der Waals surface area contributed by atoms with E-state index in [2.05, 4.69) is 25.5 Å². The molecule has 1 aliphatic heterocycles. The molecule has 6 rings (SSSR count). The van der Waals surface area contributed by atoms with Crippen LogP contribution in [-0.4, -0.2) is 43.6 Å². The highest BCUT2D eigenvalue weighted by Gasteiger charge is 2.35. The Morgan fingerprint density at radius 3 is 2.30 bits per heavy atom. The average molecular weight is 448 g/mol. The van der Waals surface area contributed by atoms with Crippen LogP contribution in [0.5, 0.6) is 0 Å². The summed E-state index contributed by atoms with van der Waals surface area (Å²) in [7, 11) is 0. The lowest BCUT2D eigenvalue weighted by Gasteiger charge is -2.43. The van der Waals surface area contributed by atoms with Crippen molar-refractivity contribution in [1.82, 2.24) is 24.4 Å². The third-order valence-corrected chi connectivity index (χ3v) is 8.33. The van der Waals surface area contributed by atoms with E-state index in [9.17, 15) is 9.59 Å². The molecule has 2 aromatic heterocycles. The minimum atomic E-state index is -0.496. The third kappa shape index (κ3) is 4.07. The lowest BCUT2D eigenvalue weighted by Crippen LogP contribution is -2.45. The summed E-state index contributed by atoms with van der Waals surface area (Å²) in [6.07, 6.45) is 12.1. The highest BCUT2D eigenvalue weighted by Crippen LogP contribution is 2.41. The van der Waals surface area contributed by atoms with Crippen LogP contribution in [0.15, 0.2) is 39.9 Å². The molecule has 7 heteroatoms. The molecular weight excluding hydrogens is 414 g/mol. The van der Waals surface area contributed by atoms with Gasteiger partial charge in [0, 0.05) is 31.2 Å². The Balaban J connectivity index is 1.27. The zero-order valence-electron chi connectivity index (χ0n) is 19.1. The van der Waals surface area contributed by atoms with Crippen LogP contribution in [-0.2, 0) is 0 Å². The summed E-state index contributed by atoms with van der Waals surface area (Å²) >= 11 is 0. The maximum absolute atomic E-state index is 12.0. The standard InChI is InChI=1S/C26H33N5O2/c32-24-16-22(28-26(33)29-24)25-27-21-7-3-4-8-23(21)31(25)19-9-11-30(12-10-19)20-14-17-5-1-2-6-18(13-17)15-20/h3-4,7-8,16-20H,1-2,5-6,9-15H2,(H2,28,29,32,33)/t17-,18+,20?. The van der Waals surface area contributed by atoms with Gasteiger partial charge in [-0.1, -0.05) is 37.8 Å². The molecule has 1 unspecified atom stereocenters. The fourth-order valence-corrected chi connectivity index (χ4v) is 6.87. The number of aromatic amines is 2. The van der Waals surface area contributed by atoms with Crippen LogP contribution in [0.2, 0.25) is 0 Å². The fourth-order valence-electron chi connectivity index (χ4n) is 6.87. The van der Waals surface area contributed by atoms with Gasteiger partial charge in [0.2, 0.25) is 0 Å². The van der Waals surface area contributed by atoms with Crippen molar-refractivity contribution >= 4 is 11.0 Å². The minimum absolute atomic E-state index is 0.303. The van der Waals surface area contributed by atoms with E-state index in [4.69, 9.17) is 4.98 Å². The van der Waals surface area contributed by atoms with Gasteiger partial charge in [-0.15, -0.1) is 0 Å². The molecule has 33 heavy (non-hydrogen) atoms. The second kappa shape index (κ2) is 8.60. The molecule has 7 nitrogen and oxygen atoms in total. The first kappa shape index (κ1) is 20.9. The Morgan fingerprint density at radius 2 is 1.58 bits per heavy atom. The summed E-state index contributed by atoms with van der Waals surface area (Å²) in [5.41, 5.74) is 1.55. The van der Waals surface area contributed by atoms with Crippen molar-refractivity contribution < 1.29 is 0 Å². The predicted octanol–water partition coefficient (Wildman–Crippen LogP) is 4.08. The maximum Gasteiger partial charge on any atom is 0.326 e. The monoisotopic (exact) mass is 447 g/mol. The molecule has 2 aliphatic carbocycles. The molecule has 3 atom stereocenters. The number of hydrogen-bond acceptors (Lipinski definition) is 4. The van der Waals surface area contributed by atoms with Crippen LogP contribution in [0.3, 0.4) is 0 Å². The molecule has 3 aromatic rings. The highest BCUT2D eigenvalue weighted by atomic mass is 16.2. The number of fused-ring (bicyclic) bond motifs is 3. The number of nitrogens with one attached hydrogen (secondary N) is 2. The van der Waals surface area contributed by atoms with E-state index in [0.29, 0.717) is 17.6 Å². The van der Waals surface area contributed by atoms with Crippen molar-refractivity contribution in [2.75, 3.05) is 13.1 Å². The summed E-state index contributed by atoms with van der Waals surface area (Å²) in [6.45, 7) is 2.21. The lowest BCUT2D eigenvalue weighted by atomic mass is 9.77. The molecule has 174 valence electrons. The van der Waals surface area contributed by atoms with Crippen molar-refractivity contribution in [3.8, 4) is 11.5 Å². The van der Waals surface area contributed by atoms with Gasteiger partial charge in [-0.2, -0.15) is 0 Å². The smallest absolute Gasteiger partial charge is 0.320 e. The van der Waals surface area contributed by atoms with Gasteiger partial charge in [-0.05, 0) is 56.1 Å². The summed E-state index contributed by atoms with van der Waals surface area (Å²) in [5, 5.41) is 0. The molecule has 0 amide bonds. The third-order valence-electron chi connectivity index (χ3n) is 8.33. The zero-order valence-corrected chi connectivity index (χ0v) is 19.1. The van der Waals surface area contributed by atoms with Crippen molar-refractivity contribution in [3.05, 3.63) is 51.2 Å². The number of aromatic nitrogens is 4. The second-order valence-corrected chi connectivity index (χ2v) is 10.4. The van der Waals surface area contributed by atoms with Gasteiger partial charge in [0.15, 0.2) is 5.82 Å². The maximum atomic E-state index is 12.0. The number of nitrogens with zero attached hydrogens (tertiary/aromatic N) is 3. The van der Waals surface area contributed by atoms with E-state index in [1.54, 1.807) is 0 Å². The molecule has 1 saturated heterocycles. The largest absolute Gasteiger partial charge is 0.326 e. The Labute approximate surface area is 193 Å². The normalized spacial score (nSPS) is 27.0. The van der Waals surface area contributed by atoms with Crippen LogP contribution in [0.1, 0.15) is 63.8 Å². The first-order chi connectivity index (χ1) is 16.1. The number of benzene rings is 1. The van der Waals surface area contributed by atoms with Gasteiger partial charge in [0.05, 0.1) is 16.7 Å². The molecule has 2 N–H and O–H groups in total. The minimum Gasteiger partial charge on any atom is -0.320 e. The number of likely N-dealkylation sites (tertiary alicyclic amines) is 1. The van der Waals surface area contributed by atoms with Gasteiger partial charge in [-0.3, -0.25) is 9.78 Å². The van der Waals surface area contributed by atoms with E-state index in [1.165, 1.54) is 51.0 Å². The molecule has 0 radical (unpaired) electrons. The van der Waals surface area contributed by atoms with Gasteiger partial charge >= 0.3 is 5.69 Å². The van der Waals surface area contributed by atoms with Gasteiger partial charge in [0.25, 0.3) is 5.56 Å². The topological polar surface area (TPSA) is 86.8 Å². The predicted molar refractivity (Wildman–Crippen MR) is 129 cm³/mol. The summed E-state index contributed by atoms with van der Waals surface area (Å²) in [6, 6.07) is 10.6. The molecule has 2 saturated carbocycles. The van der Waals surface area contributed by atoms with Gasteiger partial charge in [0.1, 0.15) is 0 Å². The van der Waals surface area contributed by atoms with E-state index < -0.39 is 11.2 Å². The van der Waals surface area contributed by atoms with Gasteiger partial charge in [-0.25, -0.2) is 9.78 Å². The number of imidazole rings is 1. The van der Waals surface area contributed by atoms with E-state index in [-0.39, 0.29) is 0 Å². The Bertz CT molecular complexity index is 1210. The van der Waals surface area contributed by atoms with E-state index in [1.807, 2.05) is 18.2 Å². The van der Waals surface area contributed by atoms with Crippen LogP contribution in [0.25, 0.3) is 22.6 Å². The Hall–Kier alpha value is -2.67. The average Bonchev–Trinajstić information content (AvgIpc) is 3.12. The fraction of sp³-hybridized carbons (Fsp3) is 0.577. The number of H-pyrrole nitrogens is 2. The number of piperidine rings is 1. The van der Waals surface area contributed by atoms with Crippen molar-refractivity contribution in [3.63, 3.8) is 0 Å². The Kier molecular flexibility index (Phi) is 5.45. The Morgan fingerprint density at radius 1 is 0.848 bits per heavy atom. The highest BCUT2D eigenvalue weighted by molar-refractivity contribution is 5.80. The second-order valence-electron chi connectivity index (χ2n) is 10.4. The van der Waals surface area contributed by atoms with Crippen LogP contribution < -0.4 is 11.2 Å². The molecule has 0 spiro atoms. The summed E-state index contributed by atoms with van der Waals surface area (Å²) < 4.78 is 2.26. The van der Waals surface area contributed by atoms with Crippen LogP contribution in [0, 0.1) is 11.8 Å². The van der Waals surface area contributed by atoms with Crippen molar-refractivity contribution in [2.24, 2.45) is 11.8 Å². The van der Waals surface area contributed by atoms with Crippen LogP contribution in [0.4, 0.5) is 0 Å². The van der Waals surface area contributed by atoms with Crippen LogP contribution >= 0.6 is 0 Å². The number of para-hydroxylation sites is 2. The first-order valence-electron chi connectivity index (χ1n) is 12.7. The molecule has 3 fully saturated rings. The zero-order chi connectivity index (χ0) is 22.4. The quantitative estimate of drug-likeness (QED) is 0.634. The molecule has 2 bridgehead atoms. The first-order valence-corrected chi connectivity index (χ1v) is 12.7. The summed E-state index contributed by atoms with van der Waals surface area (Å²) in [4.78, 5) is 36.6. The summed E-state index contributed by atoms with van der Waals surface area (Å²) in [5.74, 6) is 2.55. The molecular formula is C26H33N5O2. The van der Waals surface area contributed by atoms with Crippen molar-refractivity contribution in [2.45, 2.75) is 69.9 Å². The molecule has 1 aromatic carbocycles. The lowest BCUT2D eigenvalue weighted by molar-refractivity contribution is 0.0719. The van der Waals surface area contributed by atoms with Crippen molar-refractivity contribution in [1.29, 1.82) is 0 Å². The van der Waals surface area contributed by atoms with E-state index >= 15 is 0 Å². The molecule has 3 aliphatic rings. The number of rotatable bonds is 3. The van der Waals surface area contributed by atoms with E-state index in [0.717, 1.165) is 54.8 Å². The SMILES string of the molecule is O=c1cc(-c2nc3ccccc3n2C2CCN(C3C[C@H]4CCCC[C@@H](C3)C4)CC2)[nH]c(=O)[nH]1. The molecule has 3 heterocycles.